The Morgan fingerprint density at radius 1 is 1.05 bits per heavy atom. The summed E-state index contributed by atoms with van der Waals surface area (Å²) in [5, 5.41) is 9.43. The molecule has 1 aliphatic heterocycles. The normalized spacial score (nSPS) is 15.2. The van der Waals surface area contributed by atoms with Gasteiger partial charge in [-0.2, -0.15) is 0 Å². The molecule has 0 spiro atoms. The van der Waals surface area contributed by atoms with Crippen molar-refractivity contribution in [2.24, 2.45) is 0 Å². The largest absolute Gasteiger partial charge is 0.459 e. The second-order valence-electron chi connectivity index (χ2n) is 10.1. The summed E-state index contributed by atoms with van der Waals surface area (Å²) in [7, 11) is 0. The van der Waals surface area contributed by atoms with Crippen LogP contribution in [0.15, 0.2) is 65.3 Å². The van der Waals surface area contributed by atoms with Gasteiger partial charge in [0.25, 0.3) is 11.8 Å². The van der Waals surface area contributed by atoms with Crippen molar-refractivity contribution >= 4 is 23.2 Å². The molecule has 1 aliphatic rings. The predicted octanol–water partition coefficient (Wildman–Crippen LogP) is 5.56. The van der Waals surface area contributed by atoms with Crippen LogP contribution in [0.1, 0.15) is 71.1 Å². The number of piperidine rings is 1. The van der Waals surface area contributed by atoms with Crippen LogP contribution in [-0.4, -0.2) is 44.0 Å². The van der Waals surface area contributed by atoms with Crippen molar-refractivity contribution in [1.29, 1.82) is 0 Å². The number of hydrogen-bond donors (Lipinski definition) is 3. The van der Waals surface area contributed by atoms with Gasteiger partial charge >= 0.3 is 0 Å². The summed E-state index contributed by atoms with van der Waals surface area (Å²) in [4.78, 5) is 28.2. The fraction of sp³-hybridized carbons (Fsp3) is 0.419. The van der Waals surface area contributed by atoms with Gasteiger partial charge in [0.15, 0.2) is 5.76 Å². The number of carbonyl (C=O) groups is 2. The minimum absolute atomic E-state index is 0.118. The van der Waals surface area contributed by atoms with Crippen LogP contribution in [-0.2, 0) is 6.42 Å². The van der Waals surface area contributed by atoms with E-state index in [1.165, 1.54) is 17.5 Å². The summed E-state index contributed by atoms with van der Waals surface area (Å²) in [5.41, 5.74) is 4.80. The first-order valence-electron chi connectivity index (χ1n) is 13.8. The Morgan fingerprint density at radius 2 is 1.92 bits per heavy atom. The second-order valence-corrected chi connectivity index (χ2v) is 10.1. The number of nitrogens with one attached hydrogen (secondary N) is 3. The van der Waals surface area contributed by atoms with Crippen LogP contribution in [0.4, 0.5) is 11.4 Å². The van der Waals surface area contributed by atoms with Crippen molar-refractivity contribution in [2.45, 2.75) is 58.4 Å². The zero-order valence-corrected chi connectivity index (χ0v) is 22.6. The lowest BCUT2D eigenvalue weighted by molar-refractivity contribution is 0.0929. The van der Waals surface area contributed by atoms with E-state index < -0.39 is 0 Å². The maximum atomic E-state index is 13.0. The maximum Gasteiger partial charge on any atom is 0.291 e. The minimum atomic E-state index is -0.320. The molecule has 1 atom stereocenters. The van der Waals surface area contributed by atoms with Crippen molar-refractivity contribution in [1.82, 2.24) is 10.6 Å². The molecule has 2 aromatic carbocycles. The molecule has 7 nitrogen and oxygen atoms in total. The van der Waals surface area contributed by atoms with Crippen molar-refractivity contribution < 1.29 is 14.0 Å². The number of anilines is 2. The van der Waals surface area contributed by atoms with Crippen molar-refractivity contribution in [2.75, 3.05) is 36.4 Å². The van der Waals surface area contributed by atoms with E-state index in [0.29, 0.717) is 11.3 Å². The van der Waals surface area contributed by atoms with E-state index in [1.807, 2.05) is 12.1 Å². The van der Waals surface area contributed by atoms with Crippen LogP contribution in [0, 0.1) is 6.92 Å². The third kappa shape index (κ3) is 7.48. The molecule has 1 fully saturated rings. The van der Waals surface area contributed by atoms with E-state index in [0.717, 1.165) is 70.3 Å². The highest BCUT2D eigenvalue weighted by molar-refractivity contribution is 6.04. The fourth-order valence-corrected chi connectivity index (χ4v) is 5.05. The van der Waals surface area contributed by atoms with Gasteiger partial charge in [0.1, 0.15) is 0 Å². The number of para-hydroxylation sites is 1. The number of amides is 2. The lowest BCUT2D eigenvalue weighted by atomic mass is 10.0. The summed E-state index contributed by atoms with van der Waals surface area (Å²) < 4.78 is 5.28. The first-order chi connectivity index (χ1) is 18.5. The van der Waals surface area contributed by atoms with Gasteiger partial charge < -0.3 is 25.3 Å². The molecular formula is C31H40N4O3. The Kier molecular flexibility index (Phi) is 9.98. The molecule has 2 heterocycles. The number of rotatable bonds is 12. The third-order valence-corrected chi connectivity index (χ3v) is 7.07. The summed E-state index contributed by atoms with van der Waals surface area (Å²) in [5.74, 6) is -0.196. The molecule has 4 rings (SSSR count). The summed E-state index contributed by atoms with van der Waals surface area (Å²) >= 11 is 0. The number of aryl methyl sites for hydroxylation is 2. The maximum absolute atomic E-state index is 13.0. The number of carbonyl (C=O) groups excluding carboxylic acids is 2. The van der Waals surface area contributed by atoms with Crippen LogP contribution in [0.2, 0.25) is 0 Å². The van der Waals surface area contributed by atoms with E-state index in [2.05, 4.69) is 59.0 Å². The van der Waals surface area contributed by atoms with E-state index >= 15 is 0 Å². The molecule has 38 heavy (non-hydrogen) atoms. The molecule has 0 bridgehead atoms. The highest BCUT2D eigenvalue weighted by atomic mass is 16.3. The van der Waals surface area contributed by atoms with Crippen molar-refractivity contribution in [3.05, 3.63) is 83.3 Å². The van der Waals surface area contributed by atoms with Gasteiger partial charge in [-0.3, -0.25) is 9.59 Å². The second kappa shape index (κ2) is 13.8. The van der Waals surface area contributed by atoms with E-state index in [-0.39, 0.29) is 23.6 Å². The summed E-state index contributed by atoms with van der Waals surface area (Å²) in [6, 6.07) is 17.6. The van der Waals surface area contributed by atoms with Gasteiger partial charge in [0, 0.05) is 42.6 Å². The van der Waals surface area contributed by atoms with Crippen LogP contribution in [0.5, 0.6) is 0 Å². The topological polar surface area (TPSA) is 86.6 Å². The average molecular weight is 517 g/mol. The molecule has 3 aromatic rings. The fourth-order valence-electron chi connectivity index (χ4n) is 5.05. The smallest absolute Gasteiger partial charge is 0.291 e. The molecule has 3 N–H and O–H groups in total. The van der Waals surface area contributed by atoms with Crippen LogP contribution >= 0.6 is 0 Å². The molecule has 2 amide bonds. The number of unbranched alkanes of at least 4 members (excludes halogenated alkanes) is 1. The number of nitrogens with zero attached hydrogens (tertiary/aromatic N) is 1. The van der Waals surface area contributed by atoms with Gasteiger partial charge in [-0.15, -0.1) is 0 Å². The Labute approximate surface area is 226 Å². The van der Waals surface area contributed by atoms with Gasteiger partial charge in [-0.25, -0.2) is 0 Å². The molecule has 0 radical (unpaired) electrons. The van der Waals surface area contributed by atoms with E-state index in [9.17, 15) is 9.59 Å². The Hall–Kier alpha value is -3.58. The van der Waals surface area contributed by atoms with Gasteiger partial charge in [-0.05, 0) is 93.5 Å². The Balaban J connectivity index is 1.43. The number of furan rings is 1. The molecule has 0 saturated carbocycles. The zero-order valence-electron chi connectivity index (χ0n) is 22.6. The molecular weight excluding hydrogens is 476 g/mol. The van der Waals surface area contributed by atoms with Crippen LogP contribution in [0.25, 0.3) is 0 Å². The highest BCUT2D eigenvalue weighted by Gasteiger charge is 2.19. The van der Waals surface area contributed by atoms with Gasteiger partial charge in [0.05, 0.1) is 6.26 Å². The molecule has 1 saturated heterocycles. The molecule has 202 valence electrons. The third-order valence-electron chi connectivity index (χ3n) is 7.07. The van der Waals surface area contributed by atoms with E-state index in [4.69, 9.17) is 4.42 Å². The highest BCUT2D eigenvalue weighted by Crippen LogP contribution is 2.24. The van der Waals surface area contributed by atoms with Crippen molar-refractivity contribution in [3.8, 4) is 0 Å². The Bertz CT molecular complexity index is 1190. The first kappa shape index (κ1) is 27.5. The monoisotopic (exact) mass is 516 g/mol. The SMILES string of the molecule is CCCN(CCCCc1ccc(C(=O)N[C@@H]2CCCNC2)cc1NC(=O)c1ccco1)c1ccccc1C. The zero-order chi connectivity index (χ0) is 26.7. The van der Waals surface area contributed by atoms with E-state index in [1.54, 1.807) is 18.2 Å². The quantitative estimate of drug-likeness (QED) is 0.274. The Morgan fingerprint density at radius 3 is 2.66 bits per heavy atom. The van der Waals surface area contributed by atoms with Crippen LogP contribution in [0.3, 0.4) is 0 Å². The van der Waals surface area contributed by atoms with Crippen molar-refractivity contribution in [3.63, 3.8) is 0 Å². The van der Waals surface area contributed by atoms with Gasteiger partial charge in [-0.1, -0.05) is 31.2 Å². The standard InChI is InChI=1S/C31H40N4O3/c1-3-18-35(28-13-5-4-10-23(28)2)19-7-6-11-24-15-16-25(30(36)33-26-12-8-17-32-22-26)21-27(24)34-31(37)29-14-9-20-38-29/h4-5,9-10,13-16,20-21,26,32H,3,6-8,11-12,17-19,22H2,1-2H3,(H,33,36)(H,34,37)/t26-/m1/s1. The molecule has 0 aliphatic carbocycles. The molecule has 0 unspecified atom stereocenters. The minimum Gasteiger partial charge on any atom is -0.459 e. The van der Waals surface area contributed by atoms with Gasteiger partial charge in [0.2, 0.25) is 0 Å². The average Bonchev–Trinajstić information content (AvgIpc) is 3.47. The lowest BCUT2D eigenvalue weighted by Crippen LogP contribution is -2.45. The number of benzene rings is 2. The molecule has 7 heteroatoms. The summed E-state index contributed by atoms with van der Waals surface area (Å²) in [6.45, 7) is 8.14. The van der Waals surface area contributed by atoms with Crippen LogP contribution < -0.4 is 20.9 Å². The lowest BCUT2D eigenvalue weighted by Gasteiger charge is -2.26. The predicted molar refractivity (Wildman–Crippen MR) is 153 cm³/mol. The first-order valence-corrected chi connectivity index (χ1v) is 13.8. The molecule has 1 aromatic heterocycles. The number of hydrogen-bond acceptors (Lipinski definition) is 5. The summed E-state index contributed by atoms with van der Waals surface area (Å²) in [6.07, 6.45) is 7.39.